The Morgan fingerprint density at radius 1 is 1.15 bits per heavy atom. The minimum atomic E-state index is 0.470. The van der Waals surface area contributed by atoms with Crippen LogP contribution in [-0.4, -0.2) is 15.0 Å². The maximum atomic E-state index is 6.38. The zero-order chi connectivity index (χ0) is 13.5. The van der Waals surface area contributed by atoms with E-state index in [4.69, 9.17) is 16.6 Å². The summed E-state index contributed by atoms with van der Waals surface area (Å²) in [6, 6.07) is 4.01. The molecule has 1 saturated carbocycles. The predicted octanol–water partition coefficient (Wildman–Crippen LogP) is 4.94. The molecular formula is C15H14ClN3S. The Kier molecular flexibility index (Phi) is 3.08. The highest BCUT2D eigenvalue weighted by Gasteiger charge is 2.21. The largest absolute Gasteiger partial charge is 0.245 e. The second-order valence-corrected chi connectivity index (χ2v) is 6.70. The van der Waals surface area contributed by atoms with E-state index in [0.717, 1.165) is 26.3 Å². The zero-order valence-corrected chi connectivity index (χ0v) is 12.5. The summed E-state index contributed by atoms with van der Waals surface area (Å²) in [6.45, 7) is 0. The minimum absolute atomic E-state index is 0.470. The van der Waals surface area contributed by atoms with Gasteiger partial charge in [0.05, 0.1) is 10.2 Å². The van der Waals surface area contributed by atoms with E-state index in [2.05, 4.69) is 16.0 Å². The number of fused-ring (bicyclic) bond motifs is 3. The third-order valence-electron chi connectivity index (χ3n) is 4.04. The average molecular weight is 304 g/mol. The van der Waals surface area contributed by atoms with Gasteiger partial charge in [0.2, 0.25) is 0 Å². The second-order valence-electron chi connectivity index (χ2n) is 5.34. The lowest BCUT2D eigenvalue weighted by atomic mass is 9.89. The molecule has 0 atom stereocenters. The highest BCUT2D eigenvalue weighted by Crippen LogP contribution is 2.37. The van der Waals surface area contributed by atoms with Gasteiger partial charge < -0.3 is 0 Å². The normalized spacial score (nSPS) is 17.1. The molecular weight excluding hydrogens is 290 g/mol. The molecule has 1 aliphatic rings. The van der Waals surface area contributed by atoms with Crippen molar-refractivity contribution in [3.63, 3.8) is 0 Å². The summed E-state index contributed by atoms with van der Waals surface area (Å²) in [4.78, 5) is 14.8. The molecule has 0 N–H and O–H groups in total. The fraction of sp³-hybridized carbons (Fsp3) is 0.400. The molecule has 0 unspecified atom stereocenters. The van der Waals surface area contributed by atoms with Crippen molar-refractivity contribution in [3.05, 3.63) is 29.3 Å². The van der Waals surface area contributed by atoms with Gasteiger partial charge in [0.1, 0.15) is 10.7 Å². The van der Waals surface area contributed by atoms with Gasteiger partial charge in [0.15, 0.2) is 5.15 Å². The molecule has 1 aliphatic carbocycles. The monoisotopic (exact) mass is 303 g/mol. The van der Waals surface area contributed by atoms with Crippen LogP contribution in [-0.2, 0) is 0 Å². The number of thiophene rings is 1. The first kappa shape index (κ1) is 12.5. The molecule has 0 bridgehead atoms. The van der Waals surface area contributed by atoms with Gasteiger partial charge in [-0.15, -0.1) is 11.3 Å². The molecule has 3 nitrogen and oxygen atoms in total. The molecule has 1 fully saturated rings. The van der Waals surface area contributed by atoms with E-state index in [1.54, 1.807) is 17.5 Å². The highest BCUT2D eigenvalue weighted by molar-refractivity contribution is 7.25. The van der Waals surface area contributed by atoms with Gasteiger partial charge in [-0.3, -0.25) is 0 Å². The van der Waals surface area contributed by atoms with E-state index >= 15 is 0 Å². The van der Waals surface area contributed by atoms with Crippen molar-refractivity contribution in [2.45, 2.75) is 38.0 Å². The fourth-order valence-electron chi connectivity index (χ4n) is 3.00. The van der Waals surface area contributed by atoms with Crippen LogP contribution in [0.3, 0.4) is 0 Å². The molecule has 0 radical (unpaired) electrons. The Balaban J connectivity index is 1.93. The molecule has 0 saturated heterocycles. The number of hydrogen-bond donors (Lipinski definition) is 0. The summed E-state index contributed by atoms with van der Waals surface area (Å²) >= 11 is 7.96. The molecule has 3 aromatic heterocycles. The van der Waals surface area contributed by atoms with E-state index in [0.29, 0.717) is 11.1 Å². The molecule has 0 aromatic carbocycles. The highest BCUT2D eigenvalue weighted by atomic mass is 35.5. The molecule has 20 heavy (non-hydrogen) atoms. The van der Waals surface area contributed by atoms with Crippen LogP contribution in [0.25, 0.3) is 20.4 Å². The third-order valence-corrected chi connectivity index (χ3v) is 5.53. The standard InChI is InChI=1S/C15H14ClN3S/c16-13-12-11(10-7-4-8-17-15(10)20-12)18-14(19-13)9-5-2-1-3-6-9/h4,7-9H,1-3,5-6H2. The first-order valence-electron chi connectivity index (χ1n) is 7.03. The minimum Gasteiger partial charge on any atom is -0.245 e. The van der Waals surface area contributed by atoms with Crippen LogP contribution in [0.1, 0.15) is 43.8 Å². The predicted molar refractivity (Wildman–Crippen MR) is 83.6 cm³/mol. The van der Waals surface area contributed by atoms with Crippen molar-refractivity contribution in [1.82, 2.24) is 15.0 Å². The molecule has 0 spiro atoms. The Bertz CT molecular complexity index is 777. The number of pyridine rings is 1. The van der Waals surface area contributed by atoms with Crippen molar-refractivity contribution in [1.29, 1.82) is 0 Å². The van der Waals surface area contributed by atoms with Crippen LogP contribution in [0.4, 0.5) is 0 Å². The van der Waals surface area contributed by atoms with E-state index in [1.165, 1.54) is 32.1 Å². The SMILES string of the molecule is Clc1nc(C2CCCCC2)nc2c1sc1ncccc12. The Hall–Kier alpha value is -1.26. The smallest absolute Gasteiger partial charge is 0.150 e. The van der Waals surface area contributed by atoms with Gasteiger partial charge in [-0.2, -0.15) is 0 Å². The molecule has 3 aromatic rings. The molecule has 3 heterocycles. The molecule has 5 heteroatoms. The van der Waals surface area contributed by atoms with Crippen molar-refractivity contribution in [3.8, 4) is 0 Å². The number of hydrogen-bond acceptors (Lipinski definition) is 4. The third kappa shape index (κ3) is 1.98. The average Bonchev–Trinajstić information content (AvgIpc) is 2.88. The first-order chi connectivity index (χ1) is 9.83. The van der Waals surface area contributed by atoms with Crippen LogP contribution < -0.4 is 0 Å². The van der Waals surface area contributed by atoms with Gasteiger partial charge in [0, 0.05) is 17.5 Å². The van der Waals surface area contributed by atoms with Gasteiger partial charge in [-0.05, 0) is 25.0 Å². The van der Waals surface area contributed by atoms with Crippen LogP contribution in [0.2, 0.25) is 5.15 Å². The zero-order valence-electron chi connectivity index (χ0n) is 11.0. The van der Waals surface area contributed by atoms with E-state index in [-0.39, 0.29) is 0 Å². The summed E-state index contributed by atoms with van der Waals surface area (Å²) in [5, 5.41) is 1.67. The van der Waals surface area contributed by atoms with Crippen LogP contribution in [0, 0.1) is 0 Å². The lowest BCUT2D eigenvalue weighted by molar-refractivity contribution is 0.429. The molecule has 0 aliphatic heterocycles. The van der Waals surface area contributed by atoms with Gasteiger partial charge in [-0.1, -0.05) is 30.9 Å². The lowest BCUT2D eigenvalue weighted by Gasteiger charge is -2.20. The van der Waals surface area contributed by atoms with Crippen molar-refractivity contribution in [2.75, 3.05) is 0 Å². The Labute approximate surface area is 126 Å². The van der Waals surface area contributed by atoms with E-state index < -0.39 is 0 Å². The number of nitrogens with zero attached hydrogens (tertiary/aromatic N) is 3. The Morgan fingerprint density at radius 3 is 2.85 bits per heavy atom. The number of rotatable bonds is 1. The number of aromatic nitrogens is 3. The summed E-state index contributed by atoms with van der Waals surface area (Å²) < 4.78 is 0.958. The topological polar surface area (TPSA) is 38.7 Å². The summed E-state index contributed by atoms with van der Waals surface area (Å²) in [5.74, 6) is 1.39. The van der Waals surface area contributed by atoms with Gasteiger partial charge in [-0.25, -0.2) is 15.0 Å². The summed E-state index contributed by atoms with van der Waals surface area (Å²) in [7, 11) is 0. The van der Waals surface area contributed by atoms with E-state index in [1.807, 2.05) is 6.07 Å². The van der Waals surface area contributed by atoms with Gasteiger partial charge >= 0.3 is 0 Å². The Morgan fingerprint density at radius 2 is 2.00 bits per heavy atom. The number of halogens is 1. The lowest BCUT2D eigenvalue weighted by Crippen LogP contribution is -2.08. The quantitative estimate of drug-likeness (QED) is 0.598. The van der Waals surface area contributed by atoms with Crippen molar-refractivity contribution >= 4 is 43.4 Å². The fourth-order valence-corrected chi connectivity index (χ4v) is 4.26. The van der Waals surface area contributed by atoms with Crippen molar-refractivity contribution in [2.24, 2.45) is 0 Å². The van der Waals surface area contributed by atoms with Gasteiger partial charge in [0.25, 0.3) is 0 Å². The maximum absolute atomic E-state index is 6.38. The first-order valence-corrected chi connectivity index (χ1v) is 8.23. The van der Waals surface area contributed by atoms with Crippen LogP contribution in [0.5, 0.6) is 0 Å². The van der Waals surface area contributed by atoms with Crippen molar-refractivity contribution < 1.29 is 0 Å². The maximum Gasteiger partial charge on any atom is 0.150 e. The van der Waals surface area contributed by atoms with E-state index in [9.17, 15) is 0 Å². The molecule has 0 amide bonds. The summed E-state index contributed by atoms with van der Waals surface area (Å²) in [6.07, 6.45) is 8.05. The molecule has 102 valence electrons. The molecule has 4 rings (SSSR count). The second kappa shape index (κ2) is 4.93. The van der Waals surface area contributed by atoms with Crippen LogP contribution >= 0.6 is 22.9 Å². The van der Waals surface area contributed by atoms with Crippen LogP contribution in [0.15, 0.2) is 18.3 Å². The summed E-state index contributed by atoms with van der Waals surface area (Å²) in [5.41, 5.74) is 0.971.